The van der Waals surface area contributed by atoms with Gasteiger partial charge in [0.25, 0.3) is 0 Å². The first-order valence-electron chi connectivity index (χ1n) is 14.4. The van der Waals surface area contributed by atoms with E-state index in [9.17, 15) is 14.7 Å². The summed E-state index contributed by atoms with van der Waals surface area (Å²) in [5.41, 5.74) is 1.27. The number of carbonyl (C=O) groups excluding carboxylic acids is 2. The molecule has 2 aromatic rings. The number of amides is 2. The maximum absolute atomic E-state index is 13.9. The molecule has 1 heterocycles. The number of nitrogens with zero attached hydrogens (tertiary/aromatic N) is 1. The Morgan fingerprint density at radius 1 is 1.10 bits per heavy atom. The van der Waals surface area contributed by atoms with E-state index in [1.54, 1.807) is 18.9 Å². The van der Waals surface area contributed by atoms with Gasteiger partial charge in [-0.2, -0.15) is 0 Å². The van der Waals surface area contributed by atoms with Crippen LogP contribution in [0, 0.1) is 17.3 Å². The van der Waals surface area contributed by atoms with Crippen LogP contribution in [-0.4, -0.2) is 61.0 Å². The number of hydrogen-bond donors (Lipinski definition) is 2. The predicted octanol–water partition coefficient (Wildman–Crippen LogP) is 5.14. The average Bonchev–Trinajstić information content (AvgIpc) is 3.70. The van der Waals surface area contributed by atoms with Gasteiger partial charge in [-0.25, -0.2) is 4.79 Å². The van der Waals surface area contributed by atoms with Crippen LogP contribution in [0.5, 0.6) is 11.5 Å². The van der Waals surface area contributed by atoms with Crippen molar-refractivity contribution in [3.63, 3.8) is 0 Å². The lowest BCUT2D eigenvalue weighted by molar-refractivity contribution is -0.133. The summed E-state index contributed by atoms with van der Waals surface area (Å²) in [7, 11) is 1.63. The molecule has 40 heavy (non-hydrogen) atoms. The summed E-state index contributed by atoms with van der Waals surface area (Å²) in [6.45, 7) is 9.41. The summed E-state index contributed by atoms with van der Waals surface area (Å²) < 4.78 is 17.1. The summed E-state index contributed by atoms with van der Waals surface area (Å²) in [5, 5.41) is 13.7. The van der Waals surface area contributed by atoms with Crippen molar-refractivity contribution in [2.45, 2.75) is 71.6 Å². The fourth-order valence-electron chi connectivity index (χ4n) is 5.43. The zero-order chi connectivity index (χ0) is 28.9. The highest BCUT2D eigenvalue weighted by Crippen LogP contribution is 2.47. The molecule has 1 saturated heterocycles. The first-order valence-corrected chi connectivity index (χ1v) is 14.4. The van der Waals surface area contributed by atoms with Crippen LogP contribution in [0.25, 0.3) is 0 Å². The average molecular weight is 553 g/mol. The van der Waals surface area contributed by atoms with Crippen molar-refractivity contribution in [2.75, 3.05) is 26.8 Å². The molecule has 8 heteroatoms. The van der Waals surface area contributed by atoms with Gasteiger partial charge in [-0.15, -0.1) is 0 Å². The van der Waals surface area contributed by atoms with Gasteiger partial charge in [0, 0.05) is 24.4 Å². The molecular weight excluding hydrogens is 508 g/mol. The quantitative estimate of drug-likeness (QED) is 0.379. The normalized spacial score (nSPS) is 22.1. The smallest absolute Gasteiger partial charge is 0.408 e. The van der Waals surface area contributed by atoms with Crippen LogP contribution in [0.2, 0.25) is 0 Å². The number of likely N-dealkylation sites (tertiary alicyclic amines) is 1. The molecule has 4 rings (SSSR count). The van der Waals surface area contributed by atoms with E-state index < -0.39 is 23.7 Å². The van der Waals surface area contributed by atoms with Gasteiger partial charge >= 0.3 is 6.09 Å². The first kappa shape index (κ1) is 29.7. The molecule has 2 aromatic carbocycles. The molecule has 4 atom stereocenters. The largest absolute Gasteiger partial charge is 0.493 e. The van der Waals surface area contributed by atoms with Gasteiger partial charge in [-0.05, 0) is 61.3 Å². The zero-order valence-electron chi connectivity index (χ0n) is 24.4. The third-order valence-electron chi connectivity index (χ3n) is 8.27. The Hall–Kier alpha value is -3.26. The Morgan fingerprint density at radius 3 is 2.45 bits per heavy atom. The highest BCUT2D eigenvalue weighted by Gasteiger charge is 2.49. The minimum atomic E-state index is -0.728. The van der Waals surface area contributed by atoms with Crippen LogP contribution in [0.1, 0.15) is 64.0 Å². The van der Waals surface area contributed by atoms with Crippen molar-refractivity contribution in [3.8, 4) is 11.5 Å². The predicted molar refractivity (Wildman–Crippen MR) is 153 cm³/mol. The molecule has 0 spiro atoms. The van der Waals surface area contributed by atoms with Gasteiger partial charge in [0.05, 0.1) is 19.8 Å². The Morgan fingerprint density at radius 2 is 1.82 bits per heavy atom. The minimum absolute atomic E-state index is 0.129. The number of nitrogens with one attached hydrogen (secondary N) is 1. The van der Waals surface area contributed by atoms with Gasteiger partial charge in [-0.3, -0.25) is 4.79 Å². The van der Waals surface area contributed by atoms with E-state index in [4.69, 9.17) is 14.2 Å². The lowest BCUT2D eigenvalue weighted by atomic mass is 9.72. The topological polar surface area (TPSA) is 97.3 Å². The minimum Gasteiger partial charge on any atom is -0.493 e. The van der Waals surface area contributed by atoms with Gasteiger partial charge in [0.2, 0.25) is 5.91 Å². The van der Waals surface area contributed by atoms with E-state index in [2.05, 4.69) is 5.32 Å². The van der Waals surface area contributed by atoms with Crippen LogP contribution in [0.4, 0.5) is 4.79 Å². The van der Waals surface area contributed by atoms with Crippen molar-refractivity contribution in [2.24, 2.45) is 17.3 Å². The van der Waals surface area contributed by atoms with E-state index in [-0.39, 0.29) is 24.3 Å². The Kier molecular flexibility index (Phi) is 9.61. The molecule has 0 bridgehead atoms. The zero-order valence-corrected chi connectivity index (χ0v) is 24.4. The number of methoxy groups -OCH3 is 1. The standard InChI is InChI=1S/C32H44N2O6/c1-21(2)15-27(33-31(37)40-19-23-9-7-6-8-10-23)30(36)34-17-26(32(4,20-34)22(3)35)25-13-14-28(38-5)29(16-25)39-18-24-11-12-24/h6-10,13-14,16,21-22,24,26-27,35H,11-12,15,17-20H2,1-5H3,(H,33,37)/t22-,26+,27?,32+/m1/s1. The van der Waals surface area contributed by atoms with Gasteiger partial charge in [0.1, 0.15) is 12.6 Å². The number of rotatable bonds is 12. The maximum atomic E-state index is 13.9. The first-order chi connectivity index (χ1) is 19.1. The molecule has 8 nitrogen and oxygen atoms in total. The van der Waals surface area contributed by atoms with E-state index in [0.29, 0.717) is 43.5 Å². The van der Waals surface area contributed by atoms with Crippen molar-refractivity contribution >= 4 is 12.0 Å². The second kappa shape index (κ2) is 12.9. The Labute approximate surface area is 238 Å². The number of carbonyl (C=O) groups is 2. The van der Waals surface area contributed by atoms with Gasteiger partial charge in [-0.1, -0.05) is 57.2 Å². The lowest BCUT2D eigenvalue weighted by Crippen LogP contribution is -2.49. The number of aliphatic hydroxyl groups excluding tert-OH is 1. The third-order valence-corrected chi connectivity index (χ3v) is 8.27. The highest BCUT2D eigenvalue weighted by atomic mass is 16.5. The summed E-state index contributed by atoms with van der Waals surface area (Å²) in [6.07, 6.45) is 1.57. The lowest BCUT2D eigenvalue weighted by Gasteiger charge is -2.34. The molecule has 1 saturated carbocycles. The molecule has 0 radical (unpaired) electrons. The summed E-state index contributed by atoms with van der Waals surface area (Å²) in [4.78, 5) is 28.3. The number of alkyl carbamates (subject to hydrolysis) is 1. The fraction of sp³-hybridized carbons (Fsp3) is 0.562. The van der Waals surface area contributed by atoms with E-state index in [0.717, 1.165) is 11.1 Å². The van der Waals surface area contributed by atoms with Crippen LogP contribution >= 0.6 is 0 Å². The third kappa shape index (κ3) is 7.27. The number of hydrogen-bond acceptors (Lipinski definition) is 6. The molecule has 2 amide bonds. The molecule has 0 aromatic heterocycles. The van der Waals surface area contributed by atoms with E-state index >= 15 is 0 Å². The Bertz CT molecular complexity index is 1150. The molecule has 2 N–H and O–H groups in total. The van der Waals surface area contributed by atoms with Crippen LogP contribution in [0.3, 0.4) is 0 Å². The van der Waals surface area contributed by atoms with E-state index in [1.807, 2.05) is 69.3 Å². The van der Waals surface area contributed by atoms with Crippen molar-refractivity contribution in [3.05, 3.63) is 59.7 Å². The number of benzene rings is 2. The van der Waals surface area contributed by atoms with E-state index in [1.165, 1.54) is 12.8 Å². The second-order valence-corrected chi connectivity index (χ2v) is 12.0. The van der Waals surface area contributed by atoms with Crippen molar-refractivity contribution in [1.29, 1.82) is 0 Å². The molecule has 1 unspecified atom stereocenters. The number of aliphatic hydroxyl groups is 1. The summed E-state index contributed by atoms with van der Waals surface area (Å²) in [5.74, 6) is 1.83. The molecule has 218 valence electrons. The monoisotopic (exact) mass is 552 g/mol. The van der Waals surface area contributed by atoms with Gasteiger partial charge < -0.3 is 29.5 Å². The maximum Gasteiger partial charge on any atom is 0.408 e. The summed E-state index contributed by atoms with van der Waals surface area (Å²) >= 11 is 0. The van der Waals surface area contributed by atoms with Gasteiger partial charge in [0.15, 0.2) is 11.5 Å². The number of ether oxygens (including phenoxy) is 3. The fourth-order valence-corrected chi connectivity index (χ4v) is 5.43. The van der Waals surface area contributed by atoms with Crippen LogP contribution < -0.4 is 14.8 Å². The summed E-state index contributed by atoms with van der Waals surface area (Å²) in [6, 6.07) is 14.6. The molecule has 2 fully saturated rings. The van der Waals surface area contributed by atoms with Crippen LogP contribution in [0.15, 0.2) is 48.5 Å². The molecule has 1 aliphatic heterocycles. The van der Waals surface area contributed by atoms with Crippen molar-refractivity contribution < 1.29 is 28.9 Å². The van der Waals surface area contributed by atoms with Crippen LogP contribution in [-0.2, 0) is 16.1 Å². The molecule has 2 aliphatic rings. The SMILES string of the molecule is COc1ccc([C@@H]2CN(C(=O)C(CC(C)C)NC(=O)OCc3ccccc3)C[C@@]2(C)[C@@H](C)O)cc1OCC1CC1. The highest BCUT2D eigenvalue weighted by molar-refractivity contribution is 5.86. The second-order valence-electron chi connectivity index (χ2n) is 12.0. The van der Waals surface area contributed by atoms with Crippen molar-refractivity contribution in [1.82, 2.24) is 10.2 Å². The molecule has 1 aliphatic carbocycles. The Balaban J connectivity index is 1.50. The molecular formula is C32H44N2O6.